The number of benzene rings is 1. The predicted molar refractivity (Wildman–Crippen MR) is 65.2 cm³/mol. The summed E-state index contributed by atoms with van der Waals surface area (Å²) in [6.45, 7) is 0.407. The van der Waals surface area contributed by atoms with Crippen molar-refractivity contribution in [1.29, 1.82) is 0 Å². The molecular formula is C13H16FNO3. The fraction of sp³-hybridized carbons (Fsp3) is 0.462. The van der Waals surface area contributed by atoms with Gasteiger partial charge in [-0.1, -0.05) is 19.3 Å². The third-order valence-corrected chi connectivity index (χ3v) is 3.34. The molecule has 5 heteroatoms. The molecule has 1 fully saturated rings. The first-order valence-corrected chi connectivity index (χ1v) is 6.03. The van der Waals surface area contributed by atoms with Gasteiger partial charge in [-0.25, -0.2) is 9.18 Å². The molecule has 0 aliphatic heterocycles. The number of carboxylic acid groups (broad SMARTS) is 1. The molecule has 0 aromatic heterocycles. The van der Waals surface area contributed by atoms with Gasteiger partial charge in [0, 0.05) is 11.8 Å². The third kappa shape index (κ3) is 2.72. The van der Waals surface area contributed by atoms with Crippen molar-refractivity contribution < 1.29 is 19.0 Å². The second-order valence-electron chi connectivity index (χ2n) is 4.61. The summed E-state index contributed by atoms with van der Waals surface area (Å²) in [6.07, 6.45) is 4.54. The van der Waals surface area contributed by atoms with E-state index in [1.54, 1.807) is 0 Å². The van der Waals surface area contributed by atoms with Crippen molar-refractivity contribution in [2.45, 2.75) is 25.7 Å². The van der Waals surface area contributed by atoms with Crippen molar-refractivity contribution in [2.24, 2.45) is 5.92 Å². The summed E-state index contributed by atoms with van der Waals surface area (Å²) in [7, 11) is 0. The molecule has 0 radical (unpaired) electrons. The maximum Gasteiger partial charge on any atom is 0.337 e. The van der Waals surface area contributed by atoms with E-state index in [1.807, 2.05) is 0 Å². The first-order valence-electron chi connectivity index (χ1n) is 6.03. The van der Waals surface area contributed by atoms with Gasteiger partial charge in [-0.2, -0.15) is 0 Å². The molecule has 0 unspecified atom stereocenters. The molecule has 1 aromatic rings. The van der Waals surface area contributed by atoms with Gasteiger partial charge in [0.2, 0.25) is 0 Å². The Hall–Kier alpha value is -1.78. The zero-order chi connectivity index (χ0) is 13.1. The monoisotopic (exact) mass is 253 g/mol. The summed E-state index contributed by atoms with van der Waals surface area (Å²) < 4.78 is 18.8. The molecule has 0 heterocycles. The lowest BCUT2D eigenvalue weighted by Crippen LogP contribution is -2.15. The summed E-state index contributed by atoms with van der Waals surface area (Å²) in [5, 5.41) is 8.88. The molecule has 0 bridgehead atoms. The SMILES string of the molecule is Nc1cc(F)c(OCCC2CCC2)cc1C(=O)O. The highest BCUT2D eigenvalue weighted by atomic mass is 19.1. The van der Waals surface area contributed by atoms with E-state index in [0.29, 0.717) is 12.5 Å². The summed E-state index contributed by atoms with van der Waals surface area (Å²) in [6, 6.07) is 2.13. The van der Waals surface area contributed by atoms with Crippen LogP contribution in [0.1, 0.15) is 36.0 Å². The Balaban J connectivity index is 2.01. The zero-order valence-electron chi connectivity index (χ0n) is 9.99. The van der Waals surface area contributed by atoms with Crippen LogP contribution in [0.5, 0.6) is 5.75 Å². The average Bonchev–Trinajstić information content (AvgIpc) is 2.23. The average molecular weight is 253 g/mol. The van der Waals surface area contributed by atoms with Gasteiger partial charge >= 0.3 is 5.97 Å². The van der Waals surface area contributed by atoms with Gasteiger partial charge in [0.05, 0.1) is 12.2 Å². The van der Waals surface area contributed by atoms with Crippen molar-refractivity contribution in [3.63, 3.8) is 0 Å². The Morgan fingerprint density at radius 1 is 1.50 bits per heavy atom. The molecule has 0 atom stereocenters. The maximum absolute atomic E-state index is 13.5. The topological polar surface area (TPSA) is 72.5 Å². The van der Waals surface area contributed by atoms with Crippen LogP contribution in [-0.4, -0.2) is 17.7 Å². The van der Waals surface area contributed by atoms with Crippen molar-refractivity contribution in [3.05, 3.63) is 23.5 Å². The second kappa shape index (κ2) is 5.25. The van der Waals surface area contributed by atoms with Crippen LogP contribution >= 0.6 is 0 Å². The van der Waals surface area contributed by atoms with Crippen LogP contribution in [0, 0.1) is 11.7 Å². The number of hydrogen-bond donors (Lipinski definition) is 2. The minimum absolute atomic E-state index is 0.0408. The molecule has 1 saturated carbocycles. The van der Waals surface area contributed by atoms with Crippen LogP contribution in [0.2, 0.25) is 0 Å². The number of nitrogens with two attached hydrogens (primary N) is 1. The number of carboxylic acids is 1. The van der Waals surface area contributed by atoms with Crippen LogP contribution in [0.3, 0.4) is 0 Å². The van der Waals surface area contributed by atoms with E-state index in [-0.39, 0.29) is 17.0 Å². The number of aromatic carboxylic acids is 1. The van der Waals surface area contributed by atoms with Crippen LogP contribution in [-0.2, 0) is 0 Å². The largest absolute Gasteiger partial charge is 0.490 e. The fourth-order valence-corrected chi connectivity index (χ4v) is 1.98. The van der Waals surface area contributed by atoms with E-state index in [0.717, 1.165) is 18.6 Å². The van der Waals surface area contributed by atoms with Crippen LogP contribution in [0.15, 0.2) is 12.1 Å². The normalized spacial score (nSPS) is 15.2. The Kier molecular flexibility index (Phi) is 3.69. The highest BCUT2D eigenvalue weighted by Crippen LogP contribution is 2.30. The Morgan fingerprint density at radius 2 is 2.22 bits per heavy atom. The number of carbonyl (C=O) groups is 1. The highest BCUT2D eigenvalue weighted by molar-refractivity contribution is 5.94. The van der Waals surface area contributed by atoms with E-state index < -0.39 is 11.8 Å². The molecule has 2 rings (SSSR count). The van der Waals surface area contributed by atoms with Crippen LogP contribution in [0.4, 0.5) is 10.1 Å². The molecule has 1 aromatic carbocycles. The molecule has 3 N–H and O–H groups in total. The first-order chi connectivity index (χ1) is 8.58. The smallest absolute Gasteiger partial charge is 0.337 e. The number of hydrogen-bond acceptors (Lipinski definition) is 3. The lowest BCUT2D eigenvalue weighted by molar-refractivity contribution is 0.0697. The van der Waals surface area contributed by atoms with Gasteiger partial charge in [0.1, 0.15) is 0 Å². The predicted octanol–water partition coefficient (Wildman–Crippen LogP) is 2.68. The maximum atomic E-state index is 13.5. The van der Waals surface area contributed by atoms with Gasteiger partial charge < -0.3 is 15.6 Å². The van der Waals surface area contributed by atoms with E-state index in [1.165, 1.54) is 19.3 Å². The van der Waals surface area contributed by atoms with Crippen LogP contribution in [0.25, 0.3) is 0 Å². The number of halogens is 1. The summed E-state index contributed by atoms with van der Waals surface area (Å²) in [4.78, 5) is 10.9. The molecule has 1 aliphatic rings. The van der Waals surface area contributed by atoms with Crippen molar-refractivity contribution in [3.8, 4) is 5.75 Å². The number of anilines is 1. The van der Waals surface area contributed by atoms with Crippen molar-refractivity contribution in [2.75, 3.05) is 12.3 Å². The second-order valence-corrected chi connectivity index (χ2v) is 4.61. The molecule has 0 spiro atoms. The number of rotatable bonds is 5. The molecule has 98 valence electrons. The number of nitrogen functional groups attached to an aromatic ring is 1. The van der Waals surface area contributed by atoms with E-state index >= 15 is 0 Å². The molecule has 0 saturated heterocycles. The molecular weight excluding hydrogens is 237 g/mol. The summed E-state index contributed by atoms with van der Waals surface area (Å²) in [5.41, 5.74) is 5.20. The van der Waals surface area contributed by atoms with Gasteiger partial charge in [0.15, 0.2) is 11.6 Å². The molecule has 4 nitrogen and oxygen atoms in total. The Labute approximate surface area is 105 Å². The lowest BCUT2D eigenvalue weighted by Gasteiger charge is -2.25. The van der Waals surface area contributed by atoms with Gasteiger partial charge in [-0.3, -0.25) is 0 Å². The first kappa shape index (κ1) is 12.7. The van der Waals surface area contributed by atoms with E-state index in [9.17, 15) is 9.18 Å². The van der Waals surface area contributed by atoms with Crippen molar-refractivity contribution in [1.82, 2.24) is 0 Å². The van der Waals surface area contributed by atoms with E-state index in [2.05, 4.69) is 0 Å². The molecule has 0 amide bonds. The van der Waals surface area contributed by atoms with Gasteiger partial charge in [-0.15, -0.1) is 0 Å². The van der Waals surface area contributed by atoms with Crippen LogP contribution < -0.4 is 10.5 Å². The molecule has 1 aliphatic carbocycles. The summed E-state index contributed by atoms with van der Waals surface area (Å²) in [5.74, 6) is -1.18. The molecule has 18 heavy (non-hydrogen) atoms. The van der Waals surface area contributed by atoms with Gasteiger partial charge in [0.25, 0.3) is 0 Å². The minimum atomic E-state index is -1.18. The summed E-state index contributed by atoms with van der Waals surface area (Å²) >= 11 is 0. The van der Waals surface area contributed by atoms with Crippen molar-refractivity contribution >= 4 is 11.7 Å². The minimum Gasteiger partial charge on any atom is -0.490 e. The quantitative estimate of drug-likeness (QED) is 0.791. The van der Waals surface area contributed by atoms with Gasteiger partial charge in [-0.05, 0) is 18.4 Å². The third-order valence-electron chi connectivity index (χ3n) is 3.34. The number of ether oxygens (including phenoxy) is 1. The Morgan fingerprint density at radius 3 is 2.78 bits per heavy atom. The standard InChI is InChI=1S/C13H16FNO3/c14-10-7-11(15)9(13(16)17)6-12(10)18-5-4-8-2-1-3-8/h6-8H,1-5,15H2,(H,16,17). The fourth-order valence-electron chi connectivity index (χ4n) is 1.98. The Bertz CT molecular complexity index is 458. The lowest BCUT2D eigenvalue weighted by atomic mass is 9.83. The zero-order valence-corrected chi connectivity index (χ0v) is 9.99. The van der Waals surface area contributed by atoms with E-state index in [4.69, 9.17) is 15.6 Å². The highest BCUT2D eigenvalue weighted by Gasteiger charge is 2.18.